The normalized spacial score (nSPS) is 22.0. The van der Waals surface area contributed by atoms with Gasteiger partial charge in [0.15, 0.2) is 0 Å². The van der Waals surface area contributed by atoms with E-state index in [1.165, 1.54) is 13.5 Å². The van der Waals surface area contributed by atoms with Crippen molar-refractivity contribution < 1.29 is 17.9 Å². The number of ether oxygens (including phenoxy) is 1. The monoisotopic (exact) mass is 333 g/mol. The average Bonchev–Trinajstić information content (AvgIpc) is 2.45. The number of carbonyl (C=O) groups excluding carboxylic acids is 1. The number of methoxy groups -OCH3 is 1. The van der Waals surface area contributed by atoms with Crippen LogP contribution < -0.4 is 15.4 Å². The molecule has 2 aliphatic rings. The van der Waals surface area contributed by atoms with E-state index in [-0.39, 0.29) is 18.2 Å². The van der Waals surface area contributed by atoms with E-state index in [0.29, 0.717) is 25.3 Å². The zero-order chi connectivity index (χ0) is 16.1. The molecule has 0 aromatic carbocycles. The quantitative estimate of drug-likeness (QED) is 0.561. The van der Waals surface area contributed by atoms with Gasteiger partial charge in [0.1, 0.15) is 5.60 Å². The third-order valence-electron chi connectivity index (χ3n) is 4.69. The smallest absolute Gasteiger partial charge is 0.252 e. The Kier molecular flexibility index (Phi) is 6.19. The molecule has 7 nitrogen and oxygen atoms in total. The van der Waals surface area contributed by atoms with Crippen LogP contribution in [0.5, 0.6) is 0 Å². The van der Waals surface area contributed by atoms with E-state index in [1.54, 1.807) is 0 Å². The van der Waals surface area contributed by atoms with Crippen LogP contribution in [0.2, 0.25) is 0 Å². The number of piperidine rings is 1. The van der Waals surface area contributed by atoms with Crippen LogP contribution in [0.3, 0.4) is 0 Å². The van der Waals surface area contributed by atoms with Crippen LogP contribution in [0.15, 0.2) is 0 Å². The molecule has 0 radical (unpaired) electrons. The van der Waals surface area contributed by atoms with Crippen molar-refractivity contribution in [1.82, 2.24) is 15.4 Å². The third kappa shape index (κ3) is 4.65. The molecule has 0 aromatic heterocycles. The maximum absolute atomic E-state index is 12.3. The first-order chi connectivity index (χ1) is 10.5. The van der Waals surface area contributed by atoms with E-state index >= 15 is 0 Å². The molecule has 2 fully saturated rings. The zero-order valence-corrected chi connectivity index (χ0v) is 14.0. The molecule has 1 saturated carbocycles. The maximum Gasteiger partial charge on any atom is 0.252 e. The molecule has 2 rings (SSSR count). The van der Waals surface area contributed by atoms with Crippen molar-refractivity contribution in [1.29, 1.82) is 0 Å². The molecule has 0 atom stereocenters. The lowest BCUT2D eigenvalue weighted by molar-refractivity contribution is -0.146. The highest BCUT2D eigenvalue weighted by Crippen LogP contribution is 2.25. The average molecular weight is 333 g/mol. The van der Waals surface area contributed by atoms with Crippen LogP contribution in [-0.2, 0) is 19.6 Å². The van der Waals surface area contributed by atoms with E-state index < -0.39 is 15.6 Å². The van der Waals surface area contributed by atoms with Crippen LogP contribution >= 0.6 is 0 Å². The summed E-state index contributed by atoms with van der Waals surface area (Å²) in [5.41, 5.74) is -0.825. The van der Waals surface area contributed by atoms with E-state index in [1.807, 2.05) is 0 Å². The SMILES string of the molecule is COC1(C(=O)NCCS(=O)(=O)NCC2CCC2)CCNCC1. The number of rotatable bonds is 8. The van der Waals surface area contributed by atoms with Crippen LogP contribution in [0.1, 0.15) is 32.1 Å². The van der Waals surface area contributed by atoms with Crippen LogP contribution in [0.25, 0.3) is 0 Å². The highest BCUT2D eigenvalue weighted by molar-refractivity contribution is 7.89. The lowest BCUT2D eigenvalue weighted by Crippen LogP contribution is -2.54. The predicted molar refractivity (Wildman–Crippen MR) is 84.0 cm³/mol. The number of nitrogens with one attached hydrogen (secondary N) is 3. The molecule has 0 bridgehead atoms. The summed E-state index contributed by atoms with van der Waals surface area (Å²) in [6.07, 6.45) is 4.59. The molecule has 0 unspecified atom stereocenters. The Labute approximate surface area is 132 Å². The Morgan fingerprint density at radius 1 is 1.32 bits per heavy atom. The fourth-order valence-electron chi connectivity index (χ4n) is 2.83. The second kappa shape index (κ2) is 7.72. The van der Waals surface area contributed by atoms with Gasteiger partial charge in [-0.15, -0.1) is 0 Å². The molecular weight excluding hydrogens is 306 g/mol. The second-order valence-electron chi connectivity index (χ2n) is 6.17. The van der Waals surface area contributed by atoms with Gasteiger partial charge in [-0.1, -0.05) is 6.42 Å². The van der Waals surface area contributed by atoms with Crippen molar-refractivity contribution >= 4 is 15.9 Å². The number of hydrogen-bond acceptors (Lipinski definition) is 5. The Bertz CT molecular complexity index is 470. The van der Waals surface area contributed by atoms with Crippen LogP contribution in [0.4, 0.5) is 0 Å². The zero-order valence-electron chi connectivity index (χ0n) is 13.2. The topological polar surface area (TPSA) is 96.5 Å². The standard InChI is InChI=1S/C14H27N3O4S/c1-21-14(5-7-15-8-6-14)13(18)16-9-10-22(19,20)17-11-12-3-2-4-12/h12,15,17H,2-11H2,1H3,(H,16,18). The Morgan fingerprint density at radius 3 is 2.55 bits per heavy atom. The van der Waals surface area contributed by atoms with Crippen LogP contribution in [-0.4, -0.2) is 59.0 Å². The van der Waals surface area contributed by atoms with Gasteiger partial charge in [0.05, 0.1) is 5.75 Å². The van der Waals surface area contributed by atoms with E-state index in [9.17, 15) is 13.2 Å². The van der Waals surface area contributed by atoms with Gasteiger partial charge in [0.25, 0.3) is 5.91 Å². The number of carbonyl (C=O) groups is 1. The summed E-state index contributed by atoms with van der Waals surface area (Å²) in [7, 11) is -1.79. The van der Waals surface area contributed by atoms with Gasteiger partial charge in [-0.3, -0.25) is 4.79 Å². The van der Waals surface area contributed by atoms with Crippen LogP contribution in [0, 0.1) is 5.92 Å². The minimum absolute atomic E-state index is 0.0937. The van der Waals surface area contributed by atoms with Crippen molar-refractivity contribution in [2.75, 3.05) is 39.0 Å². The number of sulfonamides is 1. The summed E-state index contributed by atoms with van der Waals surface area (Å²) in [6.45, 7) is 2.08. The fourth-order valence-corrected chi connectivity index (χ4v) is 3.83. The summed E-state index contributed by atoms with van der Waals surface area (Å²) in [5, 5.41) is 5.89. The highest BCUT2D eigenvalue weighted by atomic mass is 32.2. The Morgan fingerprint density at radius 2 is 2.00 bits per heavy atom. The first-order valence-corrected chi connectivity index (χ1v) is 9.64. The molecule has 0 aromatic rings. The molecule has 1 saturated heterocycles. The van der Waals surface area contributed by atoms with Gasteiger partial charge in [-0.2, -0.15) is 0 Å². The first kappa shape index (κ1) is 17.7. The molecule has 22 heavy (non-hydrogen) atoms. The molecular formula is C14H27N3O4S. The van der Waals surface area contributed by atoms with E-state index in [2.05, 4.69) is 15.4 Å². The lowest BCUT2D eigenvalue weighted by Gasteiger charge is -2.34. The van der Waals surface area contributed by atoms with Crippen molar-refractivity contribution in [2.24, 2.45) is 5.92 Å². The van der Waals surface area contributed by atoms with Crippen molar-refractivity contribution in [2.45, 2.75) is 37.7 Å². The minimum Gasteiger partial charge on any atom is -0.368 e. The van der Waals surface area contributed by atoms with E-state index in [0.717, 1.165) is 25.9 Å². The lowest BCUT2D eigenvalue weighted by atomic mass is 9.86. The highest BCUT2D eigenvalue weighted by Gasteiger charge is 2.39. The molecule has 8 heteroatoms. The molecule has 1 aliphatic carbocycles. The summed E-state index contributed by atoms with van der Waals surface area (Å²) < 4.78 is 31.8. The van der Waals surface area contributed by atoms with Gasteiger partial charge >= 0.3 is 0 Å². The number of hydrogen-bond donors (Lipinski definition) is 3. The summed E-state index contributed by atoms with van der Waals surface area (Å²) >= 11 is 0. The molecule has 128 valence electrons. The molecule has 0 spiro atoms. The van der Waals surface area contributed by atoms with Gasteiger partial charge in [-0.25, -0.2) is 13.1 Å². The Balaban J connectivity index is 1.73. The van der Waals surface area contributed by atoms with Gasteiger partial charge in [0.2, 0.25) is 10.0 Å². The summed E-state index contributed by atoms with van der Waals surface area (Å²) in [4.78, 5) is 12.3. The van der Waals surface area contributed by atoms with Crippen molar-refractivity contribution in [3.63, 3.8) is 0 Å². The van der Waals surface area contributed by atoms with Gasteiger partial charge in [0, 0.05) is 20.2 Å². The van der Waals surface area contributed by atoms with Gasteiger partial charge in [-0.05, 0) is 44.7 Å². The van der Waals surface area contributed by atoms with Crippen molar-refractivity contribution in [3.8, 4) is 0 Å². The summed E-state index contributed by atoms with van der Waals surface area (Å²) in [5.74, 6) is 0.172. The van der Waals surface area contributed by atoms with Gasteiger partial charge < -0.3 is 15.4 Å². The van der Waals surface area contributed by atoms with E-state index in [4.69, 9.17) is 4.74 Å². The Hall–Kier alpha value is -0.700. The molecule has 1 amide bonds. The number of amides is 1. The third-order valence-corrected chi connectivity index (χ3v) is 6.04. The fraction of sp³-hybridized carbons (Fsp3) is 0.929. The van der Waals surface area contributed by atoms with Crippen molar-refractivity contribution in [3.05, 3.63) is 0 Å². The first-order valence-electron chi connectivity index (χ1n) is 7.99. The molecule has 1 heterocycles. The molecule has 1 aliphatic heterocycles. The second-order valence-corrected chi connectivity index (χ2v) is 8.09. The summed E-state index contributed by atoms with van der Waals surface area (Å²) in [6, 6.07) is 0. The largest absolute Gasteiger partial charge is 0.368 e. The minimum atomic E-state index is -3.32. The molecule has 3 N–H and O–H groups in total. The predicted octanol–water partition coefficient (Wildman–Crippen LogP) is -0.409. The maximum atomic E-state index is 12.3.